The SMILES string of the molecule is CC(=O)Nc1ccc(NC(=O)C(C)(C)N)c(C(F)(F)F)c1. The van der Waals surface area contributed by atoms with E-state index in [1.54, 1.807) is 0 Å². The van der Waals surface area contributed by atoms with Crippen molar-refractivity contribution in [2.45, 2.75) is 32.5 Å². The first kappa shape index (κ1) is 17.0. The zero-order chi connectivity index (χ0) is 16.4. The molecule has 0 aromatic heterocycles. The Labute approximate surface area is 119 Å². The number of nitrogens with one attached hydrogen (secondary N) is 2. The lowest BCUT2D eigenvalue weighted by Crippen LogP contribution is -2.45. The molecule has 0 aliphatic rings. The summed E-state index contributed by atoms with van der Waals surface area (Å²) in [6, 6.07) is 3.08. The second kappa shape index (κ2) is 5.72. The number of carbonyl (C=O) groups is 2. The van der Waals surface area contributed by atoms with Crippen LogP contribution in [0.5, 0.6) is 0 Å². The van der Waals surface area contributed by atoms with E-state index < -0.39 is 34.8 Å². The molecule has 0 fully saturated rings. The maximum absolute atomic E-state index is 13.0. The van der Waals surface area contributed by atoms with Crippen molar-refractivity contribution in [3.8, 4) is 0 Å². The Balaban J connectivity index is 3.20. The van der Waals surface area contributed by atoms with E-state index in [9.17, 15) is 22.8 Å². The van der Waals surface area contributed by atoms with E-state index in [1.807, 2.05) is 0 Å². The average Bonchev–Trinajstić information content (AvgIpc) is 2.27. The first-order chi connectivity index (χ1) is 9.41. The molecular weight excluding hydrogens is 287 g/mol. The topological polar surface area (TPSA) is 84.2 Å². The van der Waals surface area contributed by atoms with Gasteiger partial charge in [-0.1, -0.05) is 0 Å². The quantitative estimate of drug-likeness (QED) is 0.801. The van der Waals surface area contributed by atoms with Crippen molar-refractivity contribution in [3.63, 3.8) is 0 Å². The molecule has 1 rings (SSSR count). The van der Waals surface area contributed by atoms with Gasteiger partial charge in [0.1, 0.15) is 0 Å². The van der Waals surface area contributed by atoms with Crippen LogP contribution in [0.4, 0.5) is 24.5 Å². The van der Waals surface area contributed by atoms with Gasteiger partial charge in [0, 0.05) is 12.6 Å². The van der Waals surface area contributed by atoms with Gasteiger partial charge in [-0.05, 0) is 32.0 Å². The van der Waals surface area contributed by atoms with Gasteiger partial charge in [-0.3, -0.25) is 9.59 Å². The highest BCUT2D eigenvalue weighted by Crippen LogP contribution is 2.36. The van der Waals surface area contributed by atoms with Crippen LogP contribution in [0.15, 0.2) is 18.2 Å². The summed E-state index contributed by atoms with van der Waals surface area (Å²) in [4.78, 5) is 22.6. The molecule has 21 heavy (non-hydrogen) atoms. The number of alkyl halides is 3. The van der Waals surface area contributed by atoms with Crippen LogP contribution < -0.4 is 16.4 Å². The van der Waals surface area contributed by atoms with Crippen molar-refractivity contribution in [1.29, 1.82) is 0 Å². The number of rotatable bonds is 3. The van der Waals surface area contributed by atoms with Crippen molar-refractivity contribution in [1.82, 2.24) is 0 Å². The highest BCUT2D eigenvalue weighted by Gasteiger charge is 2.35. The number of amides is 2. The largest absolute Gasteiger partial charge is 0.418 e. The number of nitrogens with two attached hydrogens (primary N) is 1. The Hall–Kier alpha value is -2.09. The predicted octanol–water partition coefficient (Wildman–Crippen LogP) is 2.34. The molecule has 8 heteroatoms. The summed E-state index contributed by atoms with van der Waals surface area (Å²) < 4.78 is 39.1. The molecule has 0 heterocycles. The number of hydrogen-bond donors (Lipinski definition) is 3. The molecule has 0 saturated carbocycles. The van der Waals surface area contributed by atoms with Gasteiger partial charge in [-0.15, -0.1) is 0 Å². The first-order valence-electron chi connectivity index (χ1n) is 6.00. The number of hydrogen-bond acceptors (Lipinski definition) is 3. The third kappa shape index (κ3) is 4.75. The summed E-state index contributed by atoms with van der Waals surface area (Å²) in [7, 11) is 0. The molecule has 0 aliphatic carbocycles. The van der Waals surface area contributed by atoms with Crippen molar-refractivity contribution in [2.75, 3.05) is 10.6 Å². The third-order valence-electron chi connectivity index (χ3n) is 2.48. The van der Waals surface area contributed by atoms with Gasteiger partial charge in [0.2, 0.25) is 11.8 Å². The van der Waals surface area contributed by atoms with E-state index in [4.69, 9.17) is 5.73 Å². The molecule has 0 aliphatic heterocycles. The van der Waals surface area contributed by atoms with Gasteiger partial charge in [-0.25, -0.2) is 0 Å². The summed E-state index contributed by atoms with van der Waals surface area (Å²) in [6.07, 6.45) is -4.68. The highest BCUT2D eigenvalue weighted by atomic mass is 19.4. The molecule has 5 nitrogen and oxygen atoms in total. The Morgan fingerprint density at radius 3 is 2.14 bits per heavy atom. The minimum Gasteiger partial charge on any atom is -0.326 e. The molecule has 0 atom stereocenters. The molecule has 0 saturated heterocycles. The minimum atomic E-state index is -4.68. The number of halogens is 3. The molecule has 0 unspecified atom stereocenters. The monoisotopic (exact) mass is 303 g/mol. The Bertz CT molecular complexity index is 563. The molecule has 0 bridgehead atoms. The zero-order valence-electron chi connectivity index (χ0n) is 11.8. The summed E-state index contributed by atoms with van der Waals surface area (Å²) in [5, 5.41) is 4.39. The van der Waals surface area contributed by atoms with Crippen LogP contribution in [0.2, 0.25) is 0 Å². The summed E-state index contributed by atoms with van der Waals surface area (Å²) in [5.74, 6) is -1.25. The maximum Gasteiger partial charge on any atom is 0.418 e. The van der Waals surface area contributed by atoms with Crippen LogP contribution in [0.25, 0.3) is 0 Å². The zero-order valence-corrected chi connectivity index (χ0v) is 11.8. The number of carbonyl (C=O) groups excluding carboxylic acids is 2. The van der Waals surface area contributed by atoms with E-state index in [0.717, 1.165) is 12.1 Å². The standard InChI is InChI=1S/C13H16F3N3O2/c1-7(20)18-8-4-5-10(9(6-8)13(14,15)16)19-11(21)12(2,3)17/h4-6H,17H2,1-3H3,(H,18,20)(H,19,21). The number of anilines is 2. The molecular formula is C13H16F3N3O2. The molecule has 1 aromatic rings. The fraction of sp³-hybridized carbons (Fsp3) is 0.385. The van der Waals surface area contributed by atoms with Gasteiger partial charge >= 0.3 is 6.18 Å². The molecule has 1 aromatic carbocycles. The van der Waals surface area contributed by atoms with Gasteiger partial charge in [0.15, 0.2) is 0 Å². The summed E-state index contributed by atoms with van der Waals surface area (Å²) in [5.41, 5.74) is 2.72. The van der Waals surface area contributed by atoms with Crippen molar-refractivity contribution < 1.29 is 22.8 Å². The molecule has 116 valence electrons. The fourth-order valence-electron chi connectivity index (χ4n) is 1.45. The summed E-state index contributed by atoms with van der Waals surface area (Å²) >= 11 is 0. The Morgan fingerprint density at radius 2 is 1.71 bits per heavy atom. The number of benzene rings is 1. The van der Waals surface area contributed by atoms with E-state index >= 15 is 0 Å². The van der Waals surface area contributed by atoms with Crippen LogP contribution in [0, 0.1) is 0 Å². The van der Waals surface area contributed by atoms with Crippen LogP contribution in [0.3, 0.4) is 0 Å². The normalized spacial score (nSPS) is 12.0. The van der Waals surface area contributed by atoms with Crippen LogP contribution in [0.1, 0.15) is 26.3 Å². The van der Waals surface area contributed by atoms with Gasteiger partial charge < -0.3 is 16.4 Å². The van der Waals surface area contributed by atoms with Crippen molar-refractivity contribution in [3.05, 3.63) is 23.8 Å². The lowest BCUT2D eigenvalue weighted by Gasteiger charge is -2.20. The molecule has 0 spiro atoms. The highest BCUT2D eigenvalue weighted by molar-refractivity contribution is 5.98. The lowest BCUT2D eigenvalue weighted by molar-refractivity contribution is -0.137. The van der Waals surface area contributed by atoms with Crippen molar-refractivity contribution in [2.24, 2.45) is 5.73 Å². The molecule has 0 radical (unpaired) electrons. The van der Waals surface area contributed by atoms with Crippen LogP contribution in [-0.2, 0) is 15.8 Å². The summed E-state index contributed by atoms with van der Waals surface area (Å²) in [6.45, 7) is 3.93. The lowest BCUT2D eigenvalue weighted by atomic mass is 10.1. The van der Waals surface area contributed by atoms with Gasteiger partial charge in [0.25, 0.3) is 0 Å². The second-order valence-electron chi connectivity index (χ2n) is 5.12. The first-order valence-corrected chi connectivity index (χ1v) is 6.00. The van der Waals surface area contributed by atoms with E-state index in [-0.39, 0.29) is 5.69 Å². The van der Waals surface area contributed by atoms with Crippen LogP contribution in [-0.4, -0.2) is 17.4 Å². The van der Waals surface area contributed by atoms with Crippen molar-refractivity contribution >= 4 is 23.2 Å². The van der Waals surface area contributed by atoms with E-state index in [0.29, 0.717) is 0 Å². The smallest absolute Gasteiger partial charge is 0.326 e. The third-order valence-corrected chi connectivity index (χ3v) is 2.48. The van der Waals surface area contributed by atoms with E-state index in [1.165, 1.54) is 26.8 Å². The molecule has 2 amide bonds. The Morgan fingerprint density at radius 1 is 1.14 bits per heavy atom. The predicted molar refractivity (Wildman–Crippen MR) is 72.6 cm³/mol. The maximum atomic E-state index is 13.0. The minimum absolute atomic E-state index is 0.0140. The van der Waals surface area contributed by atoms with Gasteiger partial charge in [0.05, 0.1) is 16.8 Å². The second-order valence-corrected chi connectivity index (χ2v) is 5.12. The van der Waals surface area contributed by atoms with Crippen LogP contribution >= 0.6 is 0 Å². The van der Waals surface area contributed by atoms with Gasteiger partial charge in [-0.2, -0.15) is 13.2 Å². The Kier molecular flexibility index (Phi) is 4.62. The van der Waals surface area contributed by atoms with E-state index in [2.05, 4.69) is 10.6 Å². The molecule has 4 N–H and O–H groups in total. The average molecular weight is 303 g/mol. The fourth-order valence-corrected chi connectivity index (χ4v) is 1.45.